The molecule has 158 valence electrons. The first kappa shape index (κ1) is 20.7. The number of rotatable bonds is 7. The molecular formula is C22H20N4O4S. The van der Waals surface area contributed by atoms with Gasteiger partial charge in [0.05, 0.1) is 22.6 Å². The summed E-state index contributed by atoms with van der Waals surface area (Å²) >= 11 is 1.16. The predicted molar refractivity (Wildman–Crippen MR) is 116 cm³/mol. The summed E-state index contributed by atoms with van der Waals surface area (Å²) < 4.78 is 5.17. The maximum atomic E-state index is 12.5. The molecule has 3 aromatic rings. The number of hydrogen-bond acceptors (Lipinski definition) is 7. The van der Waals surface area contributed by atoms with Gasteiger partial charge in [0.2, 0.25) is 0 Å². The van der Waals surface area contributed by atoms with Gasteiger partial charge < -0.3 is 15.4 Å². The quantitative estimate of drug-likeness (QED) is 0.551. The highest BCUT2D eigenvalue weighted by Crippen LogP contribution is 2.27. The number of hydrogen-bond donors (Lipinski definition) is 2. The van der Waals surface area contributed by atoms with Gasteiger partial charge in [0, 0.05) is 12.2 Å². The van der Waals surface area contributed by atoms with E-state index in [4.69, 9.17) is 4.74 Å². The van der Waals surface area contributed by atoms with E-state index in [1.807, 2.05) is 6.07 Å². The number of thiazole rings is 1. The molecule has 1 aliphatic carbocycles. The SMILES string of the molecule is Cc1nc(-c2ccccn2)sc1C(=O)OCC(=O)Nc1ccccc1C(=O)NC1CC1. The standard InChI is InChI=1S/C22H20N4O4S/c1-13-19(31-21(24-13)17-8-4-5-11-23-17)22(29)30-12-18(27)26-16-7-3-2-6-15(16)20(28)25-14-9-10-14/h2-8,11,14H,9-10,12H2,1H3,(H,25,28)(H,26,27). The number of carbonyl (C=O) groups excluding carboxylic acids is 3. The van der Waals surface area contributed by atoms with Crippen molar-refractivity contribution in [3.63, 3.8) is 0 Å². The minimum absolute atomic E-state index is 0.204. The third kappa shape index (κ3) is 5.13. The summed E-state index contributed by atoms with van der Waals surface area (Å²) in [5.41, 5.74) is 1.91. The minimum Gasteiger partial charge on any atom is -0.451 e. The number of ether oxygens (including phenoxy) is 1. The molecule has 1 fully saturated rings. The Morgan fingerprint density at radius 1 is 1.13 bits per heavy atom. The average molecular weight is 436 g/mol. The molecule has 0 atom stereocenters. The van der Waals surface area contributed by atoms with Crippen molar-refractivity contribution in [3.8, 4) is 10.7 Å². The van der Waals surface area contributed by atoms with Crippen molar-refractivity contribution >= 4 is 34.8 Å². The number of benzene rings is 1. The highest BCUT2D eigenvalue weighted by Gasteiger charge is 2.25. The molecule has 0 radical (unpaired) electrons. The van der Waals surface area contributed by atoms with E-state index in [1.54, 1.807) is 49.5 Å². The summed E-state index contributed by atoms with van der Waals surface area (Å²) in [6.07, 6.45) is 3.58. The topological polar surface area (TPSA) is 110 Å². The van der Waals surface area contributed by atoms with Crippen LogP contribution in [-0.4, -0.2) is 40.4 Å². The van der Waals surface area contributed by atoms with Gasteiger partial charge in [0.15, 0.2) is 6.61 Å². The second-order valence-electron chi connectivity index (χ2n) is 7.07. The van der Waals surface area contributed by atoms with Crippen molar-refractivity contribution in [2.45, 2.75) is 25.8 Å². The summed E-state index contributed by atoms with van der Waals surface area (Å²) in [6, 6.07) is 12.4. The molecule has 0 saturated heterocycles. The van der Waals surface area contributed by atoms with Crippen LogP contribution in [0.15, 0.2) is 48.7 Å². The fourth-order valence-corrected chi connectivity index (χ4v) is 3.79. The summed E-state index contributed by atoms with van der Waals surface area (Å²) in [6.45, 7) is 1.22. The molecule has 2 amide bonds. The molecule has 1 saturated carbocycles. The fourth-order valence-electron chi connectivity index (χ4n) is 2.85. The Hall–Kier alpha value is -3.59. The van der Waals surface area contributed by atoms with Gasteiger partial charge in [-0.2, -0.15) is 0 Å². The lowest BCUT2D eigenvalue weighted by Gasteiger charge is -2.11. The Morgan fingerprint density at radius 3 is 2.65 bits per heavy atom. The first-order valence-corrected chi connectivity index (χ1v) is 10.6. The molecule has 4 rings (SSSR count). The summed E-state index contributed by atoms with van der Waals surface area (Å²) in [5.74, 6) is -1.41. The number of pyridine rings is 1. The molecule has 31 heavy (non-hydrogen) atoms. The summed E-state index contributed by atoms with van der Waals surface area (Å²) in [4.78, 5) is 46.0. The molecule has 0 unspecified atom stereocenters. The van der Waals surface area contributed by atoms with Crippen LogP contribution < -0.4 is 10.6 Å². The Morgan fingerprint density at radius 2 is 1.90 bits per heavy atom. The Bertz CT molecular complexity index is 1130. The zero-order valence-corrected chi connectivity index (χ0v) is 17.6. The number of carbonyl (C=O) groups is 3. The molecule has 0 spiro atoms. The lowest BCUT2D eigenvalue weighted by Crippen LogP contribution is -2.28. The molecule has 8 nitrogen and oxygen atoms in total. The van der Waals surface area contributed by atoms with Gasteiger partial charge in [-0.05, 0) is 44.0 Å². The van der Waals surface area contributed by atoms with Crippen LogP contribution in [0.2, 0.25) is 0 Å². The monoisotopic (exact) mass is 436 g/mol. The number of para-hydroxylation sites is 1. The van der Waals surface area contributed by atoms with Gasteiger partial charge in [-0.3, -0.25) is 14.6 Å². The van der Waals surface area contributed by atoms with Crippen molar-refractivity contribution in [2.75, 3.05) is 11.9 Å². The average Bonchev–Trinajstić information content (AvgIpc) is 3.51. The first-order valence-electron chi connectivity index (χ1n) is 9.77. The highest BCUT2D eigenvalue weighted by atomic mass is 32.1. The van der Waals surface area contributed by atoms with E-state index in [0.717, 1.165) is 24.2 Å². The molecular weight excluding hydrogens is 416 g/mol. The van der Waals surface area contributed by atoms with Crippen LogP contribution in [0.4, 0.5) is 5.69 Å². The van der Waals surface area contributed by atoms with Crippen molar-refractivity contribution in [3.05, 3.63) is 64.8 Å². The highest BCUT2D eigenvalue weighted by molar-refractivity contribution is 7.17. The number of aromatic nitrogens is 2. The van der Waals surface area contributed by atoms with Crippen molar-refractivity contribution < 1.29 is 19.1 Å². The third-order valence-electron chi connectivity index (χ3n) is 4.56. The second kappa shape index (κ2) is 9.05. The smallest absolute Gasteiger partial charge is 0.350 e. The van der Waals surface area contributed by atoms with E-state index < -0.39 is 18.5 Å². The van der Waals surface area contributed by atoms with E-state index in [0.29, 0.717) is 32.5 Å². The number of esters is 1. The number of amides is 2. The lowest BCUT2D eigenvalue weighted by molar-refractivity contribution is -0.119. The number of anilines is 1. The molecule has 0 bridgehead atoms. The van der Waals surface area contributed by atoms with E-state index in [-0.39, 0.29) is 11.9 Å². The van der Waals surface area contributed by atoms with Gasteiger partial charge in [-0.15, -0.1) is 11.3 Å². The van der Waals surface area contributed by atoms with Gasteiger partial charge in [0.1, 0.15) is 9.88 Å². The van der Waals surface area contributed by atoms with Crippen LogP contribution in [0.3, 0.4) is 0 Å². The first-order chi connectivity index (χ1) is 15.0. The predicted octanol–water partition coefficient (Wildman–Crippen LogP) is 3.20. The normalized spacial score (nSPS) is 12.8. The van der Waals surface area contributed by atoms with Crippen LogP contribution >= 0.6 is 11.3 Å². The van der Waals surface area contributed by atoms with Crippen LogP contribution in [0, 0.1) is 6.92 Å². The third-order valence-corrected chi connectivity index (χ3v) is 5.72. The maximum Gasteiger partial charge on any atom is 0.350 e. The maximum absolute atomic E-state index is 12.5. The molecule has 1 aliphatic rings. The van der Waals surface area contributed by atoms with Crippen molar-refractivity contribution in [1.82, 2.24) is 15.3 Å². The molecule has 0 aliphatic heterocycles. The lowest BCUT2D eigenvalue weighted by atomic mass is 10.1. The number of nitrogens with one attached hydrogen (secondary N) is 2. The molecule has 2 heterocycles. The van der Waals surface area contributed by atoms with Crippen LogP contribution in [0.25, 0.3) is 10.7 Å². The summed E-state index contributed by atoms with van der Waals surface area (Å²) in [5, 5.41) is 6.13. The summed E-state index contributed by atoms with van der Waals surface area (Å²) in [7, 11) is 0. The zero-order chi connectivity index (χ0) is 21.8. The van der Waals surface area contributed by atoms with Gasteiger partial charge >= 0.3 is 5.97 Å². The Kier molecular flexibility index (Phi) is 6.03. The Labute approximate surface area is 182 Å². The molecule has 9 heteroatoms. The zero-order valence-electron chi connectivity index (χ0n) is 16.8. The number of aryl methyl sites for hydroxylation is 1. The van der Waals surface area contributed by atoms with Crippen LogP contribution in [0.1, 0.15) is 38.6 Å². The van der Waals surface area contributed by atoms with Gasteiger partial charge in [-0.25, -0.2) is 9.78 Å². The second-order valence-corrected chi connectivity index (χ2v) is 8.07. The van der Waals surface area contributed by atoms with E-state index >= 15 is 0 Å². The van der Waals surface area contributed by atoms with E-state index in [2.05, 4.69) is 20.6 Å². The Balaban J connectivity index is 1.37. The van der Waals surface area contributed by atoms with E-state index in [9.17, 15) is 14.4 Å². The van der Waals surface area contributed by atoms with Gasteiger partial charge in [0.25, 0.3) is 11.8 Å². The van der Waals surface area contributed by atoms with Crippen LogP contribution in [-0.2, 0) is 9.53 Å². The van der Waals surface area contributed by atoms with E-state index in [1.165, 1.54) is 0 Å². The molecule has 2 N–H and O–H groups in total. The minimum atomic E-state index is -0.632. The van der Waals surface area contributed by atoms with Crippen molar-refractivity contribution in [1.29, 1.82) is 0 Å². The van der Waals surface area contributed by atoms with Crippen molar-refractivity contribution in [2.24, 2.45) is 0 Å². The fraction of sp³-hybridized carbons (Fsp3) is 0.227. The van der Waals surface area contributed by atoms with Crippen LogP contribution in [0.5, 0.6) is 0 Å². The molecule has 2 aromatic heterocycles. The largest absolute Gasteiger partial charge is 0.451 e. The van der Waals surface area contributed by atoms with Gasteiger partial charge in [-0.1, -0.05) is 18.2 Å². The number of nitrogens with zero attached hydrogens (tertiary/aromatic N) is 2. The molecule has 1 aromatic carbocycles.